The zero-order valence-electron chi connectivity index (χ0n) is 8.93. The van der Waals surface area contributed by atoms with Crippen LogP contribution in [0.25, 0.3) is 0 Å². The summed E-state index contributed by atoms with van der Waals surface area (Å²) in [5.41, 5.74) is 0. The van der Waals surface area contributed by atoms with Crippen molar-refractivity contribution in [3.8, 4) is 0 Å². The highest BCUT2D eigenvalue weighted by Gasteiger charge is 2.26. The van der Waals surface area contributed by atoms with Crippen molar-refractivity contribution in [2.45, 2.75) is 62.9 Å². The van der Waals surface area contributed by atoms with Crippen molar-refractivity contribution in [1.29, 1.82) is 0 Å². The van der Waals surface area contributed by atoms with Gasteiger partial charge in [-0.25, -0.2) is 0 Å². The summed E-state index contributed by atoms with van der Waals surface area (Å²) in [5.74, 6) is 0.484. The number of hydrogen-bond acceptors (Lipinski definition) is 2. The summed E-state index contributed by atoms with van der Waals surface area (Å²) in [7, 11) is 0. The van der Waals surface area contributed by atoms with Gasteiger partial charge in [0.05, 0.1) is 5.25 Å². The average Bonchev–Trinajstić information content (AvgIpc) is 2.14. The maximum absolute atomic E-state index is 11.7. The van der Waals surface area contributed by atoms with E-state index in [0.717, 1.165) is 19.3 Å². The Kier molecular flexibility index (Phi) is 3.84. The molecule has 0 aromatic rings. The Balaban J connectivity index is 2.50. The van der Waals surface area contributed by atoms with Gasteiger partial charge >= 0.3 is 0 Å². The quantitative estimate of drug-likeness (QED) is 0.603. The third-order valence-electron chi connectivity index (χ3n) is 2.24. The fourth-order valence-electron chi connectivity index (χ4n) is 1.68. The molecule has 0 heterocycles. The second-order valence-corrected chi connectivity index (χ2v) is 6.81. The van der Waals surface area contributed by atoms with Crippen LogP contribution in [-0.2, 0) is 4.79 Å². The maximum atomic E-state index is 11.7. The number of carbonyl (C=O) groups is 1. The van der Waals surface area contributed by atoms with Crippen LogP contribution in [0.3, 0.4) is 0 Å². The van der Waals surface area contributed by atoms with Gasteiger partial charge in [0.15, 0.2) is 0 Å². The molecule has 0 aromatic heterocycles. The number of ketones is 1. The predicted octanol–water partition coefficient (Wildman–Crippen LogP) is 3.42. The van der Waals surface area contributed by atoms with Crippen molar-refractivity contribution in [2.24, 2.45) is 0 Å². The van der Waals surface area contributed by atoms with Crippen molar-refractivity contribution in [3.63, 3.8) is 0 Å². The van der Waals surface area contributed by atoms with E-state index in [9.17, 15) is 4.79 Å². The largest absolute Gasteiger partial charge is 0.298 e. The normalized spacial score (nSPS) is 25.8. The Morgan fingerprint density at radius 1 is 1.23 bits per heavy atom. The second kappa shape index (κ2) is 4.50. The van der Waals surface area contributed by atoms with Gasteiger partial charge < -0.3 is 0 Å². The van der Waals surface area contributed by atoms with Gasteiger partial charge in [0.2, 0.25) is 0 Å². The lowest BCUT2D eigenvalue weighted by molar-refractivity contribution is -0.118. The van der Waals surface area contributed by atoms with Gasteiger partial charge in [-0.1, -0.05) is 33.6 Å². The first-order valence-electron chi connectivity index (χ1n) is 5.19. The van der Waals surface area contributed by atoms with E-state index in [2.05, 4.69) is 20.8 Å². The van der Waals surface area contributed by atoms with E-state index in [1.165, 1.54) is 12.8 Å². The number of carbonyl (C=O) groups excluding carboxylic acids is 1. The fraction of sp³-hybridized carbons (Fsp3) is 0.909. The molecular weight excluding hydrogens is 180 g/mol. The van der Waals surface area contributed by atoms with Gasteiger partial charge in [-0.2, -0.15) is 0 Å². The maximum Gasteiger partial charge on any atom is 0.145 e. The molecule has 0 spiro atoms. The number of Topliss-reactive ketones (excluding diaryl/α,β-unsaturated/α-hetero) is 1. The highest BCUT2D eigenvalue weighted by molar-refractivity contribution is 8.01. The molecule has 13 heavy (non-hydrogen) atoms. The summed E-state index contributed by atoms with van der Waals surface area (Å²) in [6.45, 7) is 6.57. The van der Waals surface area contributed by atoms with E-state index in [-0.39, 0.29) is 10.00 Å². The molecule has 2 heteroatoms. The third kappa shape index (κ3) is 4.17. The van der Waals surface area contributed by atoms with Gasteiger partial charge in [-0.3, -0.25) is 4.79 Å². The Morgan fingerprint density at radius 3 is 2.54 bits per heavy atom. The van der Waals surface area contributed by atoms with Gasteiger partial charge in [0, 0.05) is 11.2 Å². The smallest absolute Gasteiger partial charge is 0.145 e. The minimum Gasteiger partial charge on any atom is -0.298 e. The lowest BCUT2D eigenvalue weighted by Gasteiger charge is -2.23. The molecule has 1 unspecified atom stereocenters. The second-order valence-electron chi connectivity index (χ2n) is 4.78. The molecular formula is C11H20OS. The van der Waals surface area contributed by atoms with Crippen molar-refractivity contribution >= 4 is 17.5 Å². The highest BCUT2D eigenvalue weighted by Crippen LogP contribution is 2.33. The van der Waals surface area contributed by atoms with Gasteiger partial charge in [0.1, 0.15) is 5.78 Å². The summed E-state index contributed by atoms with van der Waals surface area (Å²) in [6, 6.07) is 0. The number of thioether (sulfide) groups is 1. The Hall–Kier alpha value is 0.0200. The molecule has 1 fully saturated rings. The van der Waals surface area contributed by atoms with E-state index in [4.69, 9.17) is 0 Å². The van der Waals surface area contributed by atoms with Crippen LogP contribution in [0.1, 0.15) is 52.9 Å². The minimum atomic E-state index is 0.227. The summed E-state index contributed by atoms with van der Waals surface area (Å²) in [6.07, 6.45) is 5.50. The fourth-order valence-corrected chi connectivity index (χ4v) is 3.07. The minimum absolute atomic E-state index is 0.227. The molecule has 0 saturated heterocycles. The van der Waals surface area contributed by atoms with E-state index >= 15 is 0 Å². The van der Waals surface area contributed by atoms with E-state index in [0.29, 0.717) is 5.78 Å². The molecule has 1 saturated carbocycles. The number of hydrogen-bond donors (Lipinski definition) is 0. The van der Waals surface area contributed by atoms with Crippen molar-refractivity contribution in [3.05, 3.63) is 0 Å². The van der Waals surface area contributed by atoms with Crippen LogP contribution in [0, 0.1) is 0 Å². The third-order valence-corrected chi connectivity index (χ3v) is 3.73. The Bertz CT molecular complexity index is 181. The number of rotatable bonds is 1. The highest BCUT2D eigenvalue weighted by atomic mass is 32.2. The van der Waals surface area contributed by atoms with Crippen LogP contribution < -0.4 is 0 Å². The molecule has 1 aliphatic carbocycles. The van der Waals surface area contributed by atoms with Crippen LogP contribution in [0.4, 0.5) is 0 Å². The monoisotopic (exact) mass is 200 g/mol. The molecule has 1 atom stereocenters. The van der Waals surface area contributed by atoms with Gasteiger partial charge in [-0.05, 0) is 12.8 Å². The summed E-state index contributed by atoms with van der Waals surface area (Å²) >= 11 is 1.85. The lowest BCUT2D eigenvalue weighted by Crippen LogP contribution is -2.22. The van der Waals surface area contributed by atoms with Crippen molar-refractivity contribution in [2.75, 3.05) is 0 Å². The average molecular weight is 200 g/mol. The van der Waals surface area contributed by atoms with Crippen LogP contribution >= 0.6 is 11.8 Å². The summed E-state index contributed by atoms with van der Waals surface area (Å²) < 4.78 is 0.227. The molecule has 0 aromatic carbocycles. The van der Waals surface area contributed by atoms with E-state index in [1.54, 1.807) is 0 Å². The Morgan fingerprint density at radius 2 is 1.92 bits per heavy atom. The lowest BCUT2D eigenvalue weighted by atomic mass is 10.2. The molecule has 1 rings (SSSR count). The van der Waals surface area contributed by atoms with Crippen molar-refractivity contribution in [1.82, 2.24) is 0 Å². The summed E-state index contributed by atoms with van der Waals surface area (Å²) in [4.78, 5) is 11.7. The van der Waals surface area contributed by atoms with Crippen LogP contribution in [0.5, 0.6) is 0 Å². The molecule has 1 aliphatic rings. The molecule has 1 nitrogen and oxygen atoms in total. The molecule has 0 radical (unpaired) electrons. The first kappa shape index (κ1) is 11.1. The molecule has 76 valence electrons. The molecule has 0 bridgehead atoms. The van der Waals surface area contributed by atoms with Crippen LogP contribution in [0.2, 0.25) is 0 Å². The standard InChI is InChI=1S/C11H20OS/c1-11(2,3)13-10-8-6-4-5-7-9(10)12/h10H,4-8H2,1-3H3. The summed E-state index contributed by atoms with van der Waals surface area (Å²) in [5, 5.41) is 0.280. The Labute approximate surface area is 85.7 Å². The zero-order chi connectivity index (χ0) is 9.90. The SMILES string of the molecule is CC(C)(C)SC1CCCCCC1=O. The topological polar surface area (TPSA) is 17.1 Å². The van der Waals surface area contributed by atoms with E-state index in [1.807, 2.05) is 11.8 Å². The van der Waals surface area contributed by atoms with Gasteiger partial charge in [0.25, 0.3) is 0 Å². The van der Waals surface area contributed by atoms with E-state index < -0.39 is 0 Å². The van der Waals surface area contributed by atoms with Crippen molar-refractivity contribution < 1.29 is 4.79 Å². The first-order valence-corrected chi connectivity index (χ1v) is 6.07. The zero-order valence-corrected chi connectivity index (χ0v) is 9.75. The molecule has 0 amide bonds. The predicted molar refractivity (Wildman–Crippen MR) is 59.2 cm³/mol. The van der Waals surface area contributed by atoms with Crippen LogP contribution in [0.15, 0.2) is 0 Å². The molecule has 0 N–H and O–H groups in total. The van der Waals surface area contributed by atoms with Gasteiger partial charge in [-0.15, -0.1) is 11.8 Å². The first-order chi connectivity index (χ1) is 5.99. The molecule has 0 aliphatic heterocycles. The van der Waals surface area contributed by atoms with Crippen LogP contribution in [-0.4, -0.2) is 15.8 Å².